The van der Waals surface area contributed by atoms with Gasteiger partial charge in [0.15, 0.2) is 0 Å². The van der Waals surface area contributed by atoms with Crippen molar-refractivity contribution >= 4 is 12.6 Å². The van der Waals surface area contributed by atoms with E-state index in [4.69, 9.17) is 5.26 Å². The summed E-state index contributed by atoms with van der Waals surface area (Å²) in [5.74, 6) is 1.89. The molecule has 0 aromatic rings. The Morgan fingerprint density at radius 1 is 1.64 bits per heavy atom. The Morgan fingerprint density at radius 3 is 2.73 bits per heavy atom. The molecule has 1 nitrogen and oxygen atoms in total. The molecule has 3 unspecified atom stereocenters. The van der Waals surface area contributed by atoms with Crippen molar-refractivity contribution in [2.24, 2.45) is 17.3 Å². The van der Waals surface area contributed by atoms with Gasteiger partial charge in [0.2, 0.25) is 0 Å². The number of thiol groups is 1. The van der Waals surface area contributed by atoms with E-state index in [1.165, 1.54) is 6.42 Å². The minimum Gasteiger partial charge on any atom is -0.198 e. The Bertz CT molecular complexity index is 240. The molecule has 2 heteroatoms. The molecule has 11 heavy (non-hydrogen) atoms. The van der Waals surface area contributed by atoms with Crippen molar-refractivity contribution in [3.63, 3.8) is 0 Å². The van der Waals surface area contributed by atoms with Crippen molar-refractivity contribution in [3.05, 3.63) is 12.2 Å². The maximum Gasteiger partial charge on any atom is 0.0729 e. The molecule has 0 N–H and O–H groups in total. The van der Waals surface area contributed by atoms with Crippen LogP contribution in [0, 0.1) is 28.6 Å². The molecular formula is C9H11NS. The molecule has 0 radical (unpaired) electrons. The Hall–Kier alpha value is -0.420. The van der Waals surface area contributed by atoms with Gasteiger partial charge in [-0.1, -0.05) is 12.2 Å². The van der Waals surface area contributed by atoms with Crippen molar-refractivity contribution in [1.82, 2.24) is 0 Å². The number of hydrogen-bond donors (Lipinski definition) is 1. The van der Waals surface area contributed by atoms with Crippen LogP contribution < -0.4 is 0 Å². The van der Waals surface area contributed by atoms with Gasteiger partial charge < -0.3 is 0 Å². The van der Waals surface area contributed by atoms with Crippen LogP contribution in [0.25, 0.3) is 0 Å². The van der Waals surface area contributed by atoms with Gasteiger partial charge in [-0.05, 0) is 24.7 Å². The predicted octanol–water partition coefficient (Wildman–Crippen LogP) is 2.02. The zero-order valence-electron chi connectivity index (χ0n) is 6.33. The topological polar surface area (TPSA) is 23.8 Å². The Morgan fingerprint density at radius 2 is 2.45 bits per heavy atom. The molecular weight excluding hydrogens is 154 g/mol. The largest absolute Gasteiger partial charge is 0.198 e. The quantitative estimate of drug-likeness (QED) is 0.466. The van der Waals surface area contributed by atoms with Crippen molar-refractivity contribution in [2.75, 3.05) is 5.75 Å². The molecule has 1 fully saturated rings. The number of fused-ring (bicyclic) bond motifs is 2. The number of nitriles is 1. The van der Waals surface area contributed by atoms with Crippen LogP contribution in [0.4, 0.5) is 0 Å². The van der Waals surface area contributed by atoms with E-state index in [-0.39, 0.29) is 5.41 Å². The van der Waals surface area contributed by atoms with Crippen LogP contribution in [-0.4, -0.2) is 5.75 Å². The van der Waals surface area contributed by atoms with Crippen molar-refractivity contribution in [2.45, 2.75) is 12.8 Å². The van der Waals surface area contributed by atoms with E-state index < -0.39 is 0 Å². The SMILES string of the molecule is N#CC1(CS)CC2C=CC1C2. The van der Waals surface area contributed by atoms with E-state index in [0.717, 1.165) is 12.2 Å². The van der Waals surface area contributed by atoms with E-state index in [0.29, 0.717) is 11.8 Å². The lowest BCUT2D eigenvalue weighted by atomic mass is 9.79. The van der Waals surface area contributed by atoms with Crippen LogP contribution in [0.15, 0.2) is 12.2 Å². The smallest absolute Gasteiger partial charge is 0.0729 e. The molecule has 0 amide bonds. The summed E-state index contributed by atoms with van der Waals surface area (Å²) in [7, 11) is 0. The zero-order valence-corrected chi connectivity index (χ0v) is 7.22. The summed E-state index contributed by atoms with van der Waals surface area (Å²) in [4.78, 5) is 0. The van der Waals surface area contributed by atoms with Gasteiger partial charge in [0.05, 0.1) is 11.5 Å². The third kappa shape index (κ3) is 0.841. The van der Waals surface area contributed by atoms with Crippen LogP contribution in [0.2, 0.25) is 0 Å². The van der Waals surface area contributed by atoms with Crippen LogP contribution >= 0.6 is 12.6 Å². The summed E-state index contributed by atoms with van der Waals surface area (Å²) in [5, 5.41) is 9.01. The highest BCUT2D eigenvalue weighted by molar-refractivity contribution is 7.80. The van der Waals surface area contributed by atoms with E-state index in [9.17, 15) is 0 Å². The summed E-state index contributed by atoms with van der Waals surface area (Å²) >= 11 is 4.26. The average molecular weight is 165 g/mol. The first-order valence-electron chi connectivity index (χ1n) is 4.01. The molecule has 0 heterocycles. The fourth-order valence-electron chi connectivity index (χ4n) is 2.30. The second-order valence-corrected chi connectivity index (χ2v) is 3.93. The lowest BCUT2D eigenvalue weighted by Crippen LogP contribution is -2.25. The van der Waals surface area contributed by atoms with Gasteiger partial charge in [0.25, 0.3) is 0 Å². The second kappa shape index (κ2) is 2.28. The van der Waals surface area contributed by atoms with Gasteiger partial charge in [-0.2, -0.15) is 17.9 Å². The number of allylic oxidation sites excluding steroid dienone is 2. The summed E-state index contributed by atoms with van der Waals surface area (Å²) in [6.45, 7) is 0. The molecule has 2 rings (SSSR count). The molecule has 0 aromatic heterocycles. The van der Waals surface area contributed by atoms with Gasteiger partial charge in [-0.15, -0.1) is 0 Å². The van der Waals surface area contributed by atoms with Crippen molar-refractivity contribution < 1.29 is 0 Å². The maximum atomic E-state index is 9.01. The fourth-order valence-corrected chi connectivity index (χ4v) is 2.73. The fraction of sp³-hybridized carbons (Fsp3) is 0.667. The van der Waals surface area contributed by atoms with Crippen molar-refractivity contribution in [1.29, 1.82) is 5.26 Å². The first-order valence-corrected chi connectivity index (χ1v) is 4.64. The van der Waals surface area contributed by atoms with Gasteiger partial charge in [0, 0.05) is 5.75 Å². The molecule has 2 bridgehead atoms. The molecule has 0 saturated heterocycles. The minimum absolute atomic E-state index is 0.122. The monoisotopic (exact) mass is 165 g/mol. The van der Waals surface area contributed by atoms with E-state index >= 15 is 0 Å². The third-order valence-electron chi connectivity index (χ3n) is 3.01. The maximum absolute atomic E-state index is 9.01. The van der Waals surface area contributed by atoms with E-state index in [2.05, 4.69) is 30.9 Å². The van der Waals surface area contributed by atoms with Crippen LogP contribution in [-0.2, 0) is 0 Å². The van der Waals surface area contributed by atoms with Gasteiger partial charge >= 0.3 is 0 Å². The van der Waals surface area contributed by atoms with Crippen LogP contribution in [0.5, 0.6) is 0 Å². The van der Waals surface area contributed by atoms with Crippen molar-refractivity contribution in [3.8, 4) is 6.07 Å². The minimum atomic E-state index is -0.122. The summed E-state index contributed by atoms with van der Waals surface area (Å²) in [6, 6.07) is 2.43. The van der Waals surface area contributed by atoms with Crippen LogP contribution in [0.1, 0.15) is 12.8 Å². The van der Waals surface area contributed by atoms with Gasteiger partial charge in [-0.25, -0.2) is 0 Å². The summed E-state index contributed by atoms with van der Waals surface area (Å²) in [6.07, 6.45) is 6.68. The third-order valence-corrected chi connectivity index (χ3v) is 3.58. The van der Waals surface area contributed by atoms with Gasteiger partial charge in [0.1, 0.15) is 0 Å². The molecule has 58 valence electrons. The van der Waals surface area contributed by atoms with Crippen LogP contribution in [0.3, 0.4) is 0 Å². The lowest BCUT2D eigenvalue weighted by Gasteiger charge is -2.25. The first kappa shape index (κ1) is 7.24. The summed E-state index contributed by atoms with van der Waals surface area (Å²) < 4.78 is 0. The molecule has 0 spiro atoms. The van der Waals surface area contributed by atoms with E-state index in [1.54, 1.807) is 0 Å². The highest BCUT2D eigenvalue weighted by Crippen LogP contribution is 2.52. The number of rotatable bonds is 1. The lowest BCUT2D eigenvalue weighted by molar-refractivity contribution is 0.376. The predicted molar refractivity (Wildman–Crippen MR) is 47.3 cm³/mol. The highest BCUT2D eigenvalue weighted by Gasteiger charge is 2.47. The molecule has 1 saturated carbocycles. The Labute approximate surface area is 72.5 Å². The highest BCUT2D eigenvalue weighted by atomic mass is 32.1. The molecule has 3 atom stereocenters. The number of hydrogen-bond acceptors (Lipinski definition) is 2. The molecule has 2 aliphatic rings. The average Bonchev–Trinajstić information content (AvgIpc) is 2.62. The van der Waals surface area contributed by atoms with E-state index in [1.807, 2.05) is 0 Å². The Balaban J connectivity index is 2.30. The molecule has 0 aromatic carbocycles. The second-order valence-electron chi connectivity index (χ2n) is 3.62. The standard InChI is InChI=1S/C9H11NS/c10-5-9(6-11)4-7-1-2-8(9)3-7/h1-2,7-8,11H,3-4,6H2. The summed E-state index contributed by atoms with van der Waals surface area (Å²) in [5.41, 5.74) is -0.122. The zero-order chi connectivity index (χ0) is 7.90. The normalized spacial score (nSPS) is 46.2. The molecule has 0 aliphatic heterocycles. The van der Waals surface area contributed by atoms with Gasteiger partial charge in [-0.3, -0.25) is 0 Å². The molecule has 2 aliphatic carbocycles. The number of nitrogens with zero attached hydrogens (tertiary/aromatic N) is 1. The Kier molecular flexibility index (Phi) is 1.50. The first-order chi connectivity index (χ1) is 5.30.